The van der Waals surface area contributed by atoms with Gasteiger partial charge in [-0.25, -0.2) is 0 Å². The van der Waals surface area contributed by atoms with Crippen molar-refractivity contribution in [1.29, 1.82) is 0 Å². The van der Waals surface area contributed by atoms with Crippen LogP contribution in [0.3, 0.4) is 0 Å². The van der Waals surface area contributed by atoms with Crippen molar-refractivity contribution in [2.45, 2.75) is 0 Å². The number of amides is 1. The van der Waals surface area contributed by atoms with Crippen molar-refractivity contribution in [1.82, 2.24) is 19.4 Å². The van der Waals surface area contributed by atoms with Gasteiger partial charge in [-0.1, -0.05) is 42.5 Å². The zero-order valence-electron chi connectivity index (χ0n) is 18.7. The molecule has 7 nitrogen and oxygen atoms in total. The first-order chi connectivity index (χ1) is 15.4. The number of halogens is 1. The smallest absolute Gasteiger partial charge is 0.274 e. The van der Waals surface area contributed by atoms with E-state index in [4.69, 9.17) is 0 Å². The highest BCUT2D eigenvalue weighted by molar-refractivity contribution is 5.94. The third-order valence-electron chi connectivity index (χ3n) is 5.74. The molecule has 4 rings (SSSR count). The number of benzene rings is 2. The van der Waals surface area contributed by atoms with Gasteiger partial charge in [-0.15, -0.1) is 12.4 Å². The number of hydrogen-bond acceptors (Lipinski definition) is 4. The number of aromatic nitrogens is 2. The lowest BCUT2D eigenvalue weighted by Crippen LogP contribution is -2.52. The van der Waals surface area contributed by atoms with Crippen LogP contribution in [0.5, 0.6) is 0 Å². The van der Waals surface area contributed by atoms with Gasteiger partial charge in [-0.3, -0.25) is 14.4 Å². The summed E-state index contributed by atoms with van der Waals surface area (Å²) in [6, 6.07) is 16.5. The molecule has 8 heteroatoms. The molecule has 2 heterocycles. The molecule has 0 aliphatic carbocycles. The number of carbonyl (C=O) groups excluding carboxylic acids is 1. The summed E-state index contributed by atoms with van der Waals surface area (Å²) < 4.78 is 1.35. The fraction of sp³-hybridized carbons (Fsp3) is 0.240. The molecule has 0 radical (unpaired) electrons. The molecular weight excluding hydrogens is 440 g/mol. The number of aromatic amines is 1. The maximum absolute atomic E-state index is 12.8. The number of piperazine rings is 1. The van der Waals surface area contributed by atoms with Gasteiger partial charge in [0.05, 0.1) is 0 Å². The standard InChI is InChI=1S/C25H26N4O3.ClH/c1-27-12-14-29(15-13-27)24(31)20-10-8-19(9-11-20)16-21-25(32)28(2)22(23(30)26-21)17-18-6-4-3-5-7-18;/h3-11,16-17H,12-15H2,1-2H3,(H,26,30);1H/b21-16-,22-17-;. The van der Waals surface area contributed by atoms with Gasteiger partial charge < -0.3 is 19.4 Å². The van der Waals surface area contributed by atoms with Crippen LogP contribution in [0.15, 0.2) is 64.2 Å². The molecule has 0 bridgehead atoms. The lowest BCUT2D eigenvalue weighted by atomic mass is 10.1. The molecule has 1 aliphatic heterocycles. The van der Waals surface area contributed by atoms with Crippen molar-refractivity contribution < 1.29 is 4.79 Å². The summed E-state index contributed by atoms with van der Waals surface area (Å²) in [7, 11) is 3.63. The first kappa shape index (κ1) is 24.2. The van der Waals surface area contributed by atoms with E-state index < -0.39 is 0 Å². The molecule has 1 aliphatic rings. The SMILES string of the molecule is CN1CCN(C(=O)c2ccc(/C=c3\[nH]c(=O)/c(=C/c4ccccc4)n(C)c3=O)cc2)CC1.Cl. The van der Waals surface area contributed by atoms with Crippen molar-refractivity contribution in [2.75, 3.05) is 33.2 Å². The van der Waals surface area contributed by atoms with E-state index >= 15 is 0 Å². The quantitative estimate of drug-likeness (QED) is 0.611. The summed E-state index contributed by atoms with van der Waals surface area (Å²) in [6.07, 6.45) is 3.31. The Labute approximate surface area is 197 Å². The minimum absolute atomic E-state index is 0. The van der Waals surface area contributed by atoms with E-state index in [-0.39, 0.29) is 40.1 Å². The van der Waals surface area contributed by atoms with Crippen LogP contribution in [0.1, 0.15) is 21.5 Å². The van der Waals surface area contributed by atoms with Crippen molar-refractivity contribution >= 4 is 30.5 Å². The van der Waals surface area contributed by atoms with E-state index in [2.05, 4.69) is 9.88 Å². The summed E-state index contributed by atoms with van der Waals surface area (Å²) >= 11 is 0. The summed E-state index contributed by atoms with van der Waals surface area (Å²) in [5, 5.41) is 0.479. The number of hydrogen-bond donors (Lipinski definition) is 1. The maximum atomic E-state index is 12.8. The average Bonchev–Trinajstić information content (AvgIpc) is 2.81. The fourth-order valence-electron chi connectivity index (χ4n) is 3.73. The van der Waals surface area contributed by atoms with Gasteiger partial charge in [0.15, 0.2) is 0 Å². The van der Waals surface area contributed by atoms with Gasteiger partial charge in [-0.05, 0) is 42.5 Å². The zero-order chi connectivity index (χ0) is 22.7. The van der Waals surface area contributed by atoms with E-state index in [1.807, 2.05) is 42.3 Å². The second-order valence-corrected chi connectivity index (χ2v) is 8.03. The molecule has 1 amide bonds. The van der Waals surface area contributed by atoms with Gasteiger partial charge in [-0.2, -0.15) is 0 Å². The Balaban J connectivity index is 0.00000306. The van der Waals surface area contributed by atoms with Gasteiger partial charge in [0.2, 0.25) is 0 Å². The number of rotatable bonds is 3. The number of nitrogens with one attached hydrogen (secondary N) is 1. The third-order valence-corrected chi connectivity index (χ3v) is 5.74. The average molecular weight is 467 g/mol. The van der Waals surface area contributed by atoms with Gasteiger partial charge in [0, 0.05) is 38.8 Å². The van der Waals surface area contributed by atoms with Gasteiger partial charge in [0.25, 0.3) is 17.0 Å². The normalized spacial score (nSPS) is 15.4. The topological polar surface area (TPSA) is 78.4 Å². The minimum Gasteiger partial charge on any atom is -0.336 e. The highest BCUT2D eigenvalue weighted by Gasteiger charge is 2.20. The summed E-state index contributed by atoms with van der Waals surface area (Å²) in [5.41, 5.74) is 1.53. The lowest BCUT2D eigenvalue weighted by Gasteiger charge is -2.32. The largest absolute Gasteiger partial charge is 0.336 e. The Morgan fingerprint density at radius 1 is 0.848 bits per heavy atom. The molecular formula is C25H27ClN4O3. The van der Waals surface area contributed by atoms with Crippen molar-refractivity contribution in [3.63, 3.8) is 0 Å². The van der Waals surface area contributed by atoms with E-state index in [0.717, 1.165) is 24.2 Å². The lowest BCUT2D eigenvalue weighted by molar-refractivity contribution is 0.0664. The molecule has 172 valence electrons. The summed E-state index contributed by atoms with van der Waals surface area (Å²) in [6.45, 7) is 3.16. The summed E-state index contributed by atoms with van der Waals surface area (Å²) in [4.78, 5) is 44.9. The number of carbonyl (C=O) groups is 1. The van der Waals surface area contributed by atoms with Crippen molar-refractivity contribution in [3.05, 3.63) is 103 Å². The molecule has 1 N–H and O–H groups in total. The van der Waals surface area contributed by atoms with E-state index in [1.165, 1.54) is 4.57 Å². The predicted octanol–water partition coefficient (Wildman–Crippen LogP) is 0.541. The van der Waals surface area contributed by atoms with Crippen LogP contribution in [-0.2, 0) is 7.05 Å². The third kappa shape index (κ3) is 5.50. The second kappa shape index (κ2) is 10.5. The van der Waals surface area contributed by atoms with Crippen LogP contribution in [0, 0.1) is 0 Å². The first-order valence-electron chi connectivity index (χ1n) is 10.6. The van der Waals surface area contributed by atoms with Crippen molar-refractivity contribution in [2.24, 2.45) is 7.05 Å². The Hall–Kier alpha value is -3.42. The minimum atomic E-state index is -0.343. The Kier molecular flexibility index (Phi) is 7.68. The highest BCUT2D eigenvalue weighted by Crippen LogP contribution is 2.10. The Morgan fingerprint density at radius 3 is 2.09 bits per heavy atom. The molecule has 1 saturated heterocycles. The molecule has 0 unspecified atom stereocenters. The van der Waals surface area contributed by atoms with E-state index in [0.29, 0.717) is 18.7 Å². The van der Waals surface area contributed by atoms with Crippen LogP contribution >= 0.6 is 12.4 Å². The molecule has 0 atom stereocenters. The molecule has 3 aromatic rings. The molecule has 1 aromatic heterocycles. The van der Waals surface area contributed by atoms with Crippen LogP contribution in [0.2, 0.25) is 0 Å². The fourth-order valence-corrected chi connectivity index (χ4v) is 3.73. The Morgan fingerprint density at radius 2 is 1.45 bits per heavy atom. The monoisotopic (exact) mass is 466 g/mol. The van der Waals surface area contributed by atoms with Crippen LogP contribution < -0.4 is 21.8 Å². The number of likely N-dealkylation sites (N-methyl/N-ethyl adjacent to an activating group) is 1. The molecule has 1 fully saturated rings. The van der Waals surface area contributed by atoms with Gasteiger partial charge >= 0.3 is 0 Å². The van der Waals surface area contributed by atoms with Crippen LogP contribution in [0.4, 0.5) is 0 Å². The molecule has 2 aromatic carbocycles. The Bertz CT molecular complexity index is 1350. The predicted molar refractivity (Wildman–Crippen MR) is 132 cm³/mol. The summed E-state index contributed by atoms with van der Waals surface area (Å²) in [5.74, 6) is 0.00905. The van der Waals surface area contributed by atoms with Crippen molar-refractivity contribution in [3.8, 4) is 0 Å². The second-order valence-electron chi connectivity index (χ2n) is 8.03. The number of H-pyrrole nitrogens is 1. The first-order valence-corrected chi connectivity index (χ1v) is 10.6. The molecule has 0 saturated carbocycles. The molecule has 0 spiro atoms. The van der Waals surface area contributed by atoms with E-state index in [9.17, 15) is 14.4 Å². The number of nitrogens with zero attached hydrogens (tertiary/aromatic N) is 3. The van der Waals surface area contributed by atoms with Crippen LogP contribution in [0.25, 0.3) is 12.2 Å². The van der Waals surface area contributed by atoms with E-state index in [1.54, 1.807) is 43.5 Å². The maximum Gasteiger partial charge on any atom is 0.274 e. The molecule has 33 heavy (non-hydrogen) atoms. The van der Waals surface area contributed by atoms with Crippen LogP contribution in [-0.4, -0.2) is 58.5 Å². The zero-order valence-corrected chi connectivity index (χ0v) is 19.5. The highest BCUT2D eigenvalue weighted by atomic mass is 35.5. The van der Waals surface area contributed by atoms with Gasteiger partial charge in [0.1, 0.15) is 10.7 Å².